The van der Waals surface area contributed by atoms with Gasteiger partial charge in [-0.05, 0) is 147 Å². The molecule has 7 aromatic rings. The Morgan fingerprint density at radius 3 is 1.75 bits per heavy atom. The molecule has 0 saturated heterocycles. The van der Waals surface area contributed by atoms with Crippen LogP contribution in [0.5, 0.6) is 11.5 Å². The molecule has 0 atom stereocenters. The van der Waals surface area contributed by atoms with Crippen LogP contribution >= 0.6 is 0 Å². The highest BCUT2D eigenvalue weighted by atomic mass is 16.5. The number of nitrogens with one attached hydrogen (secondary N) is 2. The summed E-state index contributed by atoms with van der Waals surface area (Å²) < 4.78 is 13.2. The molecule has 0 unspecified atom stereocenters. The van der Waals surface area contributed by atoms with Gasteiger partial charge >= 0.3 is 5.97 Å². The fourth-order valence-electron chi connectivity index (χ4n) is 10.5. The Bertz CT molecular complexity index is 3270. The maximum atomic E-state index is 12.8. The van der Waals surface area contributed by atoms with Crippen LogP contribution in [0.3, 0.4) is 0 Å². The molecule has 2 N–H and O–H groups in total. The van der Waals surface area contributed by atoms with Gasteiger partial charge in [0.1, 0.15) is 11.4 Å². The van der Waals surface area contributed by atoms with Crippen molar-refractivity contribution in [3.8, 4) is 56.0 Å². The molecule has 7 heteroatoms. The topological polar surface area (TPSA) is 92.9 Å². The highest BCUT2D eigenvalue weighted by Crippen LogP contribution is 2.46. The van der Waals surface area contributed by atoms with Crippen LogP contribution in [0.4, 0.5) is 0 Å². The predicted molar refractivity (Wildman–Crippen MR) is 288 cm³/mol. The van der Waals surface area contributed by atoms with E-state index >= 15 is 0 Å². The second kappa shape index (κ2) is 20.5. The lowest BCUT2D eigenvalue weighted by molar-refractivity contribution is -0.131. The minimum absolute atomic E-state index is 0.354. The molecule has 0 fully saturated rings. The molecular weight excluding hydrogens is 849 g/mol. The quantitative estimate of drug-likeness (QED) is 0.0789. The third kappa shape index (κ3) is 10.0. The minimum atomic E-state index is -0.432. The Morgan fingerprint density at radius 1 is 0.493 bits per heavy atom. The van der Waals surface area contributed by atoms with E-state index in [0.717, 1.165) is 90.9 Å². The molecule has 0 radical (unpaired) electrons. The van der Waals surface area contributed by atoms with Crippen molar-refractivity contribution < 1.29 is 14.3 Å². The van der Waals surface area contributed by atoms with Crippen LogP contribution < -0.4 is 9.47 Å². The lowest BCUT2D eigenvalue weighted by Gasteiger charge is -2.14. The number of aromatic nitrogens is 4. The minimum Gasteiger partial charge on any atom is -0.489 e. The van der Waals surface area contributed by atoms with E-state index in [9.17, 15) is 4.79 Å². The van der Waals surface area contributed by atoms with Crippen molar-refractivity contribution in [2.45, 2.75) is 107 Å². The van der Waals surface area contributed by atoms with Crippen LogP contribution in [-0.2, 0) is 4.79 Å². The number of H-pyrrole nitrogens is 2. The third-order valence-electron chi connectivity index (χ3n) is 13.4. The monoisotopic (exact) mass is 912 g/mol. The lowest BCUT2D eigenvalue weighted by atomic mass is 9.90. The molecular formula is C62H64N4O3. The zero-order chi connectivity index (χ0) is 48.2. The van der Waals surface area contributed by atoms with E-state index in [4.69, 9.17) is 19.4 Å². The summed E-state index contributed by atoms with van der Waals surface area (Å²) in [7, 11) is 0. The number of esters is 1. The number of hydrogen-bond acceptors (Lipinski definition) is 5. The zero-order valence-corrected chi connectivity index (χ0v) is 41.5. The molecule has 0 aliphatic carbocycles. The Hall–Kier alpha value is -7.25. The first-order chi connectivity index (χ1) is 33.5. The summed E-state index contributed by atoms with van der Waals surface area (Å²) in [4.78, 5) is 31.1. The Labute approximate surface area is 407 Å². The van der Waals surface area contributed by atoms with Crippen molar-refractivity contribution in [3.63, 3.8) is 0 Å². The molecule has 5 heterocycles. The second-order valence-corrected chi connectivity index (χ2v) is 19.0. The first-order valence-corrected chi connectivity index (χ1v) is 24.8. The number of rotatable bonds is 15. The number of carbonyl (C=O) groups is 1. The summed E-state index contributed by atoms with van der Waals surface area (Å²) >= 11 is 0. The van der Waals surface area contributed by atoms with Gasteiger partial charge in [-0.3, -0.25) is 4.79 Å². The average molecular weight is 913 g/mol. The predicted octanol–water partition coefficient (Wildman–Crippen LogP) is 16.6. The van der Waals surface area contributed by atoms with E-state index in [-0.39, 0.29) is 0 Å². The van der Waals surface area contributed by atoms with E-state index in [0.29, 0.717) is 35.0 Å². The summed E-state index contributed by atoms with van der Waals surface area (Å²) in [5.41, 5.74) is 21.7. The molecule has 7 nitrogen and oxygen atoms in total. The van der Waals surface area contributed by atoms with E-state index in [1.54, 1.807) is 0 Å². The van der Waals surface area contributed by atoms with Crippen LogP contribution in [0.2, 0.25) is 0 Å². The normalized spacial score (nSPS) is 11.9. The van der Waals surface area contributed by atoms with Gasteiger partial charge in [-0.2, -0.15) is 0 Å². The SMILES string of the molecule is CCCCCCCCCCOc1c2nc(c(-c3c(C)cc(C)cc3C)c3ccc([nH]3)c(OC(C)=O)c3nc(cc4[nH]c1c(-c1ccccc1)c4-c1cccc(-c4c(C)cc(C)cc4C)c1)C=C3)C=C2. The van der Waals surface area contributed by atoms with Crippen LogP contribution in [0.15, 0.2) is 97.1 Å². The molecule has 3 aromatic heterocycles. The standard InChI is InChI=1S/C62H64N4O3/c1-9-10-11-12-13-14-15-19-31-68-62-53-30-28-50(65-53)59(56-42(6)34-39(3)35-43(56)7)49-27-29-52(64-49)61(69-44(8)67)51-26-25-48(63-51)37-54-57(58(60(62)66-54)45-21-17-16-18-22-45)47-24-20-23-46(36-47)55-40(4)32-38(2)33-41(55)5/h16-18,20-30,32-37,64,66H,9-15,19,31H2,1-8H3. The molecule has 0 spiro atoms. The van der Waals surface area contributed by atoms with Crippen molar-refractivity contribution in [2.75, 3.05) is 6.61 Å². The smallest absolute Gasteiger partial charge is 0.308 e. The van der Waals surface area contributed by atoms with Crippen LogP contribution in [-0.4, -0.2) is 32.5 Å². The van der Waals surface area contributed by atoms with Gasteiger partial charge in [-0.15, -0.1) is 0 Å². The van der Waals surface area contributed by atoms with E-state index in [1.807, 2.05) is 24.3 Å². The number of aryl methyl sites for hydroxylation is 6. The number of aromatic amines is 2. The fraction of sp³-hybridized carbons (Fsp3) is 0.274. The number of nitrogens with zero attached hydrogens (tertiary/aromatic N) is 2. The van der Waals surface area contributed by atoms with Gasteiger partial charge in [0, 0.05) is 34.6 Å². The van der Waals surface area contributed by atoms with Crippen LogP contribution in [0, 0.1) is 41.5 Å². The van der Waals surface area contributed by atoms with Gasteiger partial charge in [0.15, 0.2) is 11.5 Å². The molecule has 2 aliphatic rings. The molecule has 0 amide bonds. The average Bonchev–Trinajstić information content (AvgIpc) is 4.15. The van der Waals surface area contributed by atoms with Crippen molar-refractivity contribution in [3.05, 3.63) is 153 Å². The van der Waals surface area contributed by atoms with Gasteiger partial charge in [-0.1, -0.05) is 136 Å². The Balaban J connectivity index is 1.38. The fourth-order valence-corrected chi connectivity index (χ4v) is 10.5. The summed E-state index contributed by atoms with van der Waals surface area (Å²) in [6.07, 6.45) is 17.7. The van der Waals surface area contributed by atoms with Gasteiger partial charge in [0.05, 0.1) is 29.0 Å². The van der Waals surface area contributed by atoms with Gasteiger partial charge < -0.3 is 19.4 Å². The van der Waals surface area contributed by atoms with Gasteiger partial charge in [-0.25, -0.2) is 9.97 Å². The molecule has 4 aromatic carbocycles. The number of fused-ring (bicyclic) bond motifs is 8. The summed E-state index contributed by atoms with van der Waals surface area (Å²) in [6, 6.07) is 34.6. The molecule has 9 rings (SSSR count). The van der Waals surface area contributed by atoms with Gasteiger partial charge in [0.25, 0.3) is 0 Å². The number of benzene rings is 4. The first kappa shape index (κ1) is 46.8. The summed E-state index contributed by atoms with van der Waals surface area (Å²) in [5.74, 6) is 0.619. The van der Waals surface area contributed by atoms with Crippen LogP contribution in [0.25, 0.3) is 90.9 Å². The van der Waals surface area contributed by atoms with E-state index in [1.165, 1.54) is 73.3 Å². The molecule has 69 heavy (non-hydrogen) atoms. The van der Waals surface area contributed by atoms with E-state index in [2.05, 4.69) is 156 Å². The van der Waals surface area contributed by atoms with E-state index < -0.39 is 5.97 Å². The Morgan fingerprint density at radius 2 is 1.07 bits per heavy atom. The first-order valence-electron chi connectivity index (χ1n) is 24.8. The second-order valence-electron chi connectivity index (χ2n) is 19.0. The third-order valence-corrected chi connectivity index (χ3v) is 13.4. The van der Waals surface area contributed by atoms with Crippen LogP contribution in [0.1, 0.15) is 121 Å². The number of unbranched alkanes of at least 4 members (excludes halogenated alkanes) is 7. The molecule has 0 saturated carbocycles. The van der Waals surface area contributed by atoms with Crippen molar-refractivity contribution in [2.24, 2.45) is 0 Å². The lowest BCUT2D eigenvalue weighted by Crippen LogP contribution is -2.03. The van der Waals surface area contributed by atoms with Crippen molar-refractivity contribution in [1.82, 2.24) is 19.9 Å². The highest BCUT2D eigenvalue weighted by Gasteiger charge is 2.24. The van der Waals surface area contributed by atoms with Crippen molar-refractivity contribution in [1.29, 1.82) is 0 Å². The van der Waals surface area contributed by atoms with Gasteiger partial charge in [0.2, 0.25) is 0 Å². The maximum absolute atomic E-state index is 12.8. The molecule has 8 bridgehead atoms. The number of ether oxygens (including phenoxy) is 2. The molecule has 350 valence electrons. The summed E-state index contributed by atoms with van der Waals surface area (Å²) in [6.45, 7) is 17.2. The Kier molecular flexibility index (Phi) is 13.9. The molecule has 2 aliphatic heterocycles. The summed E-state index contributed by atoms with van der Waals surface area (Å²) in [5, 5.41) is 0. The zero-order valence-electron chi connectivity index (χ0n) is 41.5. The number of carbonyl (C=O) groups excluding carboxylic acids is 1. The maximum Gasteiger partial charge on any atom is 0.308 e. The van der Waals surface area contributed by atoms with Crippen molar-refractivity contribution >= 4 is 52.3 Å². The highest BCUT2D eigenvalue weighted by molar-refractivity contribution is 6.06. The number of hydrogen-bond donors (Lipinski definition) is 2. The largest absolute Gasteiger partial charge is 0.489 e.